The van der Waals surface area contributed by atoms with Gasteiger partial charge in [-0.2, -0.15) is 0 Å². The van der Waals surface area contributed by atoms with Crippen LogP contribution in [0.25, 0.3) is 0 Å². The Bertz CT molecular complexity index is 203. The minimum Gasteiger partial charge on any atom is -0.396 e. The highest BCUT2D eigenvalue weighted by atomic mass is 16.3. The Kier molecular flexibility index (Phi) is 6.42. The van der Waals surface area contributed by atoms with E-state index < -0.39 is 0 Å². The molecule has 1 fully saturated rings. The largest absolute Gasteiger partial charge is 0.396 e. The predicted octanol–water partition coefficient (Wildman–Crippen LogP) is 0.653. The SMILES string of the molecule is CC(CCO)CNCC(=O)NC1CCCC1. The third-order valence-electron chi connectivity index (χ3n) is 3.12. The molecule has 0 radical (unpaired) electrons. The highest BCUT2D eigenvalue weighted by molar-refractivity contribution is 5.78. The fraction of sp³-hybridized carbons (Fsp3) is 0.917. The maximum Gasteiger partial charge on any atom is 0.234 e. The molecule has 1 rings (SSSR count). The molecule has 1 saturated carbocycles. The zero-order valence-electron chi connectivity index (χ0n) is 10.2. The Hall–Kier alpha value is -0.610. The molecule has 1 unspecified atom stereocenters. The lowest BCUT2D eigenvalue weighted by Gasteiger charge is -2.14. The number of carbonyl (C=O) groups excluding carboxylic acids is 1. The molecule has 0 bridgehead atoms. The summed E-state index contributed by atoms with van der Waals surface area (Å²) in [6, 6.07) is 0.407. The molecule has 0 spiro atoms. The maximum atomic E-state index is 11.5. The first-order valence-electron chi connectivity index (χ1n) is 6.33. The Labute approximate surface area is 97.8 Å². The van der Waals surface area contributed by atoms with Gasteiger partial charge in [0.25, 0.3) is 0 Å². The van der Waals surface area contributed by atoms with E-state index in [2.05, 4.69) is 17.6 Å². The van der Waals surface area contributed by atoms with Crippen molar-refractivity contribution in [3.8, 4) is 0 Å². The number of rotatable bonds is 7. The molecular formula is C12H24N2O2. The second-order valence-corrected chi connectivity index (χ2v) is 4.80. The molecule has 3 N–H and O–H groups in total. The van der Waals surface area contributed by atoms with Crippen LogP contribution in [0.5, 0.6) is 0 Å². The number of aliphatic hydroxyl groups is 1. The zero-order valence-corrected chi connectivity index (χ0v) is 10.2. The number of hydrogen-bond donors (Lipinski definition) is 3. The summed E-state index contributed by atoms with van der Waals surface area (Å²) in [4.78, 5) is 11.5. The maximum absolute atomic E-state index is 11.5. The summed E-state index contributed by atoms with van der Waals surface area (Å²) in [5.74, 6) is 0.521. The van der Waals surface area contributed by atoms with Crippen LogP contribution in [0.4, 0.5) is 0 Å². The summed E-state index contributed by atoms with van der Waals surface area (Å²) in [6.45, 7) is 3.47. The van der Waals surface area contributed by atoms with E-state index in [0.29, 0.717) is 18.5 Å². The van der Waals surface area contributed by atoms with Crippen molar-refractivity contribution in [2.45, 2.75) is 45.1 Å². The van der Waals surface area contributed by atoms with Gasteiger partial charge in [-0.25, -0.2) is 0 Å². The smallest absolute Gasteiger partial charge is 0.234 e. The summed E-state index contributed by atoms with van der Waals surface area (Å²) < 4.78 is 0. The van der Waals surface area contributed by atoms with Crippen LogP contribution in [0.1, 0.15) is 39.0 Å². The summed E-state index contributed by atoms with van der Waals surface area (Å²) in [7, 11) is 0. The average molecular weight is 228 g/mol. The van der Waals surface area contributed by atoms with E-state index in [9.17, 15) is 4.79 Å². The van der Waals surface area contributed by atoms with Gasteiger partial charge < -0.3 is 15.7 Å². The number of hydrogen-bond acceptors (Lipinski definition) is 3. The van der Waals surface area contributed by atoms with Gasteiger partial charge in [-0.15, -0.1) is 0 Å². The Morgan fingerprint density at radius 3 is 2.75 bits per heavy atom. The van der Waals surface area contributed by atoms with Gasteiger partial charge >= 0.3 is 0 Å². The van der Waals surface area contributed by atoms with E-state index >= 15 is 0 Å². The highest BCUT2D eigenvalue weighted by Crippen LogP contribution is 2.17. The van der Waals surface area contributed by atoms with Crippen molar-refractivity contribution in [3.05, 3.63) is 0 Å². The lowest BCUT2D eigenvalue weighted by atomic mass is 10.1. The summed E-state index contributed by atoms with van der Waals surface area (Å²) in [5.41, 5.74) is 0. The van der Waals surface area contributed by atoms with Crippen molar-refractivity contribution in [1.82, 2.24) is 10.6 Å². The van der Waals surface area contributed by atoms with Crippen LogP contribution in [0.2, 0.25) is 0 Å². The second kappa shape index (κ2) is 7.63. The minimum atomic E-state index is 0.100. The zero-order chi connectivity index (χ0) is 11.8. The molecule has 0 aromatic rings. The number of aliphatic hydroxyl groups excluding tert-OH is 1. The van der Waals surface area contributed by atoms with Crippen LogP contribution >= 0.6 is 0 Å². The molecule has 1 amide bonds. The lowest BCUT2D eigenvalue weighted by Crippen LogP contribution is -2.40. The minimum absolute atomic E-state index is 0.100. The van der Waals surface area contributed by atoms with Crippen molar-refractivity contribution in [2.75, 3.05) is 19.7 Å². The van der Waals surface area contributed by atoms with E-state index in [1.807, 2.05) is 0 Å². The van der Waals surface area contributed by atoms with Crippen molar-refractivity contribution in [3.63, 3.8) is 0 Å². The molecule has 1 atom stereocenters. The average Bonchev–Trinajstić information content (AvgIpc) is 2.70. The van der Waals surface area contributed by atoms with Crippen LogP contribution in [-0.2, 0) is 4.79 Å². The molecule has 1 aliphatic carbocycles. The molecular weight excluding hydrogens is 204 g/mol. The van der Waals surface area contributed by atoms with E-state index in [1.165, 1.54) is 12.8 Å². The topological polar surface area (TPSA) is 61.4 Å². The van der Waals surface area contributed by atoms with Crippen LogP contribution in [0.15, 0.2) is 0 Å². The molecule has 4 heteroatoms. The van der Waals surface area contributed by atoms with E-state index in [0.717, 1.165) is 25.8 Å². The first-order chi connectivity index (χ1) is 7.72. The molecule has 4 nitrogen and oxygen atoms in total. The van der Waals surface area contributed by atoms with Gasteiger partial charge in [0, 0.05) is 12.6 Å². The fourth-order valence-corrected chi connectivity index (χ4v) is 2.10. The van der Waals surface area contributed by atoms with Gasteiger partial charge in [0.15, 0.2) is 0 Å². The summed E-state index contributed by atoms with van der Waals surface area (Å²) >= 11 is 0. The van der Waals surface area contributed by atoms with Crippen LogP contribution in [-0.4, -0.2) is 36.8 Å². The number of amides is 1. The molecule has 0 heterocycles. The summed E-state index contributed by atoms with van der Waals surface area (Å²) in [6.07, 6.45) is 5.54. The van der Waals surface area contributed by atoms with Crippen LogP contribution in [0, 0.1) is 5.92 Å². The van der Waals surface area contributed by atoms with E-state index in [-0.39, 0.29) is 12.5 Å². The normalized spacial score (nSPS) is 18.6. The van der Waals surface area contributed by atoms with Crippen molar-refractivity contribution < 1.29 is 9.90 Å². The second-order valence-electron chi connectivity index (χ2n) is 4.80. The van der Waals surface area contributed by atoms with Gasteiger partial charge in [-0.3, -0.25) is 4.79 Å². The first kappa shape index (κ1) is 13.5. The molecule has 0 aromatic heterocycles. The summed E-state index contributed by atoms with van der Waals surface area (Å²) in [5, 5.41) is 14.9. The molecule has 94 valence electrons. The lowest BCUT2D eigenvalue weighted by molar-refractivity contribution is -0.120. The number of nitrogens with one attached hydrogen (secondary N) is 2. The van der Waals surface area contributed by atoms with E-state index in [1.54, 1.807) is 0 Å². The highest BCUT2D eigenvalue weighted by Gasteiger charge is 2.16. The quantitative estimate of drug-likeness (QED) is 0.599. The van der Waals surface area contributed by atoms with Crippen LogP contribution < -0.4 is 10.6 Å². The van der Waals surface area contributed by atoms with Gasteiger partial charge in [0.2, 0.25) is 5.91 Å². The van der Waals surface area contributed by atoms with Gasteiger partial charge in [-0.1, -0.05) is 19.8 Å². The predicted molar refractivity (Wildman–Crippen MR) is 64.1 cm³/mol. The van der Waals surface area contributed by atoms with Gasteiger partial charge in [0.1, 0.15) is 0 Å². The van der Waals surface area contributed by atoms with Gasteiger partial charge in [-0.05, 0) is 31.7 Å². The molecule has 0 saturated heterocycles. The monoisotopic (exact) mass is 228 g/mol. The fourth-order valence-electron chi connectivity index (χ4n) is 2.10. The molecule has 16 heavy (non-hydrogen) atoms. The van der Waals surface area contributed by atoms with Crippen molar-refractivity contribution in [2.24, 2.45) is 5.92 Å². The van der Waals surface area contributed by atoms with E-state index in [4.69, 9.17) is 5.11 Å². The molecule has 0 aliphatic heterocycles. The Balaban J connectivity index is 2.01. The third-order valence-corrected chi connectivity index (χ3v) is 3.12. The third kappa shape index (κ3) is 5.47. The Morgan fingerprint density at radius 1 is 1.44 bits per heavy atom. The first-order valence-corrected chi connectivity index (χ1v) is 6.33. The Morgan fingerprint density at radius 2 is 2.12 bits per heavy atom. The molecule has 1 aliphatic rings. The van der Waals surface area contributed by atoms with Crippen LogP contribution in [0.3, 0.4) is 0 Å². The standard InChI is InChI=1S/C12H24N2O2/c1-10(6-7-15)8-13-9-12(16)14-11-4-2-3-5-11/h10-11,13,15H,2-9H2,1H3,(H,14,16). The number of carbonyl (C=O) groups is 1. The van der Waals surface area contributed by atoms with Gasteiger partial charge in [0.05, 0.1) is 6.54 Å². The van der Waals surface area contributed by atoms with Crippen molar-refractivity contribution >= 4 is 5.91 Å². The van der Waals surface area contributed by atoms with Crippen molar-refractivity contribution in [1.29, 1.82) is 0 Å². The molecule has 0 aromatic carbocycles.